The molecule has 1 amide bonds. The summed E-state index contributed by atoms with van der Waals surface area (Å²) in [5, 5.41) is 1.16. The smallest absolute Gasteiger partial charge is 0.247 e. The number of amides is 1. The molecule has 1 saturated carbocycles. The molecule has 104 valence electrons. The molecule has 0 bridgehead atoms. The molecule has 0 heterocycles. The van der Waals surface area contributed by atoms with Crippen LogP contribution in [0.3, 0.4) is 0 Å². The van der Waals surface area contributed by atoms with Crippen LogP contribution in [0.2, 0.25) is 0 Å². The monoisotopic (exact) mass is 264 g/mol. The van der Waals surface area contributed by atoms with E-state index in [1.165, 1.54) is 0 Å². The van der Waals surface area contributed by atoms with Crippen molar-refractivity contribution in [2.75, 3.05) is 21.3 Å². The maximum Gasteiger partial charge on any atom is 0.247 e. The number of carbonyl (C=O) groups excluding carboxylic acids is 1. The molecule has 0 saturated heterocycles. The molecule has 1 fully saturated rings. The van der Waals surface area contributed by atoms with Crippen molar-refractivity contribution in [2.24, 2.45) is 5.84 Å². The van der Waals surface area contributed by atoms with Gasteiger partial charge in [0.1, 0.15) is 11.5 Å². The van der Waals surface area contributed by atoms with Gasteiger partial charge in [-0.25, -0.2) is 5.84 Å². The maximum atomic E-state index is 12.3. The number of hydrogen-bond acceptors (Lipinski definition) is 4. The van der Waals surface area contributed by atoms with E-state index in [9.17, 15) is 4.79 Å². The first kappa shape index (κ1) is 13.7. The second-order valence-electron chi connectivity index (χ2n) is 5.02. The zero-order chi connectivity index (χ0) is 14.2. The number of rotatable bonds is 4. The van der Waals surface area contributed by atoms with E-state index in [0.717, 1.165) is 34.7 Å². The quantitative estimate of drug-likeness (QED) is 0.507. The van der Waals surface area contributed by atoms with Crippen LogP contribution in [0.5, 0.6) is 11.5 Å². The highest BCUT2D eigenvalue weighted by atomic mass is 16.5. The molecule has 0 unspecified atom stereocenters. The average molecular weight is 264 g/mol. The molecular weight excluding hydrogens is 244 g/mol. The molecule has 1 aliphatic carbocycles. The fourth-order valence-electron chi connectivity index (χ4n) is 2.65. The summed E-state index contributed by atoms with van der Waals surface area (Å²) in [6.07, 6.45) is 1.60. The van der Waals surface area contributed by atoms with Gasteiger partial charge in [-0.05, 0) is 31.4 Å². The summed E-state index contributed by atoms with van der Waals surface area (Å²) in [4.78, 5) is 12.3. The van der Waals surface area contributed by atoms with Crippen LogP contribution in [-0.4, -0.2) is 32.2 Å². The number of hydrogen-bond donors (Lipinski definition) is 1. The third-order valence-corrected chi connectivity index (χ3v) is 3.69. The number of aryl methyl sites for hydroxylation is 1. The second kappa shape index (κ2) is 4.74. The van der Waals surface area contributed by atoms with Crippen molar-refractivity contribution < 1.29 is 14.3 Å². The number of ether oxygens (including phenoxy) is 2. The first-order valence-electron chi connectivity index (χ1n) is 6.22. The zero-order valence-electron chi connectivity index (χ0n) is 11.8. The van der Waals surface area contributed by atoms with Crippen LogP contribution in [0.1, 0.15) is 24.0 Å². The van der Waals surface area contributed by atoms with Crippen molar-refractivity contribution in [2.45, 2.75) is 25.2 Å². The highest BCUT2D eigenvalue weighted by Crippen LogP contribution is 2.54. The molecule has 0 atom stereocenters. The van der Waals surface area contributed by atoms with Gasteiger partial charge in [-0.3, -0.25) is 9.80 Å². The lowest BCUT2D eigenvalue weighted by molar-refractivity contribution is -0.132. The average Bonchev–Trinajstić information content (AvgIpc) is 3.17. The summed E-state index contributed by atoms with van der Waals surface area (Å²) in [5.41, 5.74) is 1.40. The van der Waals surface area contributed by atoms with Crippen LogP contribution in [0.4, 0.5) is 0 Å². The summed E-state index contributed by atoms with van der Waals surface area (Å²) in [6, 6.07) is 3.73. The number of methoxy groups -OCH3 is 2. The number of carbonyl (C=O) groups is 1. The Morgan fingerprint density at radius 2 is 1.95 bits per heavy atom. The Kier molecular flexibility index (Phi) is 3.41. The van der Waals surface area contributed by atoms with Crippen molar-refractivity contribution >= 4 is 5.91 Å². The molecule has 0 spiro atoms. The SMILES string of the molecule is COc1cc(C)c(C2(C(=O)N(C)N)CC2)c(OC)c1. The number of nitrogens with two attached hydrogens (primary N) is 1. The normalized spacial score (nSPS) is 15.8. The van der Waals surface area contributed by atoms with Gasteiger partial charge in [-0.15, -0.1) is 0 Å². The van der Waals surface area contributed by atoms with Crippen LogP contribution >= 0.6 is 0 Å². The molecule has 5 nitrogen and oxygen atoms in total. The third-order valence-electron chi connectivity index (χ3n) is 3.69. The van der Waals surface area contributed by atoms with Gasteiger partial charge in [0.2, 0.25) is 5.91 Å². The minimum absolute atomic E-state index is 0.0703. The minimum Gasteiger partial charge on any atom is -0.497 e. The molecule has 19 heavy (non-hydrogen) atoms. The fraction of sp³-hybridized carbons (Fsp3) is 0.500. The third kappa shape index (κ3) is 2.14. The number of hydrazine groups is 1. The maximum absolute atomic E-state index is 12.3. The minimum atomic E-state index is -0.523. The molecule has 1 aliphatic rings. The molecular formula is C14H20N2O3. The van der Waals surface area contributed by atoms with Crippen LogP contribution in [0.25, 0.3) is 0 Å². The number of nitrogens with zero attached hydrogens (tertiary/aromatic N) is 1. The molecule has 5 heteroatoms. The molecule has 1 aromatic rings. The lowest BCUT2D eigenvalue weighted by Gasteiger charge is -2.24. The Balaban J connectivity index is 2.54. The van der Waals surface area contributed by atoms with Crippen molar-refractivity contribution in [3.63, 3.8) is 0 Å². The van der Waals surface area contributed by atoms with E-state index in [1.807, 2.05) is 19.1 Å². The van der Waals surface area contributed by atoms with Gasteiger partial charge in [0.05, 0.1) is 19.6 Å². The van der Waals surface area contributed by atoms with E-state index < -0.39 is 5.41 Å². The van der Waals surface area contributed by atoms with Gasteiger partial charge in [0.15, 0.2) is 0 Å². The highest BCUT2D eigenvalue weighted by Gasteiger charge is 2.54. The Morgan fingerprint density at radius 1 is 1.32 bits per heavy atom. The summed E-state index contributed by atoms with van der Waals surface area (Å²) in [7, 11) is 4.79. The Labute approximate surface area is 113 Å². The predicted molar refractivity (Wildman–Crippen MR) is 72.2 cm³/mol. The van der Waals surface area contributed by atoms with Crippen molar-refractivity contribution in [3.05, 3.63) is 23.3 Å². The molecule has 0 aliphatic heterocycles. The van der Waals surface area contributed by atoms with Gasteiger partial charge in [-0.1, -0.05) is 0 Å². The Morgan fingerprint density at radius 3 is 2.37 bits per heavy atom. The summed E-state index contributed by atoms with van der Waals surface area (Å²) >= 11 is 0. The molecule has 2 rings (SSSR count). The van der Waals surface area contributed by atoms with E-state index in [1.54, 1.807) is 21.3 Å². The topological polar surface area (TPSA) is 64.8 Å². The fourth-order valence-corrected chi connectivity index (χ4v) is 2.65. The van der Waals surface area contributed by atoms with E-state index in [4.69, 9.17) is 15.3 Å². The van der Waals surface area contributed by atoms with Crippen LogP contribution < -0.4 is 15.3 Å². The summed E-state index contributed by atoms with van der Waals surface area (Å²) in [5.74, 6) is 6.95. The molecule has 0 aromatic heterocycles. The largest absolute Gasteiger partial charge is 0.497 e. The van der Waals surface area contributed by atoms with E-state index in [-0.39, 0.29) is 5.91 Å². The standard InChI is InChI=1S/C14H20N2O3/c1-9-7-10(18-3)8-11(19-4)12(9)14(5-6-14)13(17)16(2)15/h7-8H,5-6,15H2,1-4H3. The highest BCUT2D eigenvalue weighted by molar-refractivity contribution is 5.92. The van der Waals surface area contributed by atoms with Crippen LogP contribution in [0, 0.1) is 6.92 Å². The van der Waals surface area contributed by atoms with Gasteiger partial charge < -0.3 is 9.47 Å². The van der Waals surface area contributed by atoms with Crippen LogP contribution in [0.15, 0.2) is 12.1 Å². The van der Waals surface area contributed by atoms with Gasteiger partial charge in [-0.2, -0.15) is 0 Å². The predicted octanol–water partition coefficient (Wildman–Crippen LogP) is 1.38. The molecule has 1 aromatic carbocycles. The van der Waals surface area contributed by atoms with Crippen molar-refractivity contribution in [1.82, 2.24) is 5.01 Å². The summed E-state index contributed by atoms with van der Waals surface area (Å²) < 4.78 is 10.7. The molecule has 0 radical (unpaired) electrons. The van der Waals surface area contributed by atoms with E-state index in [2.05, 4.69) is 0 Å². The Hall–Kier alpha value is -1.75. The number of likely N-dealkylation sites (N-methyl/N-ethyl adjacent to an activating group) is 1. The van der Waals surface area contributed by atoms with Crippen molar-refractivity contribution in [3.8, 4) is 11.5 Å². The lowest BCUT2D eigenvalue weighted by atomic mass is 9.89. The van der Waals surface area contributed by atoms with Gasteiger partial charge >= 0.3 is 0 Å². The lowest BCUT2D eigenvalue weighted by Crippen LogP contribution is -2.41. The second-order valence-corrected chi connectivity index (χ2v) is 5.02. The number of benzene rings is 1. The van der Waals surface area contributed by atoms with Crippen LogP contribution in [-0.2, 0) is 10.2 Å². The zero-order valence-corrected chi connectivity index (χ0v) is 11.8. The summed E-state index contributed by atoms with van der Waals surface area (Å²) in [6.45, 7) is 1.96. The van der Waals surface area contributed by atoms with E-state index >= 15 is 0 Å². The first-order valence-corrected chi connectivity index (χ1v) is 6.22. The first-order chi connectivity index (χ1) is 8.96. The van der Waals surface area contributed by atoms with Crippen molar-refractivity contribution in [1.29, 1.82) is 0 Å². The van der Waals surface area contributed by atoms with E-state index in [0.29, 0.717) is 5.75 Å². The van der Waals surface area contributed by atoms with Gasteiger partial charge in [0, 0.05) is 18.7 Å². The Bertz CT molecular complexity index is 508. The molecule has 2 N–H and O–H groups in total. The van der Waals surface area contributed by atoms with Gasteiger partial charge in [0.25, 0.3) is 0 Å².